The highest BCUT2D eigenvalue weighted by molar-refractivity contribution is 5.58. The van der Waals surface area contributed by atoms with E-state index < -0.39 is 5.82 Å². The van der Waals surface area contributed by atoms with E-state index >= 15 is 0 Å². The molecule has 0 spiro atoms. The first-order valence-corrected chi connectivity index (χ1v) is 6.53. The molecule has 2 aromatic carbocycles. The first-order chi connectivity index (χ1) is 10.2. The van der Waals surface area contributed by atoms with Crippen molar-refractivity contribution in [2.75, 3.05) is 11.9 Å². The second kappa shape index (κ2) is 6.62. The maximum absolute atomic E-state index is 13.1. The van der Waals surface area contributed by atoms with Gasteiger partial charge in [0.05, 0.1) is 17.9 Å². The summed E-state index contributed by atoms with van der Waals surface area (Å²) >= 11 is 0. The number of hydrogen-bond acceptors (Lipinski definition) is 4. The van der Waals surface area contributed by atoms with Crippen molar-refractivity contribution in [1.29, 1.82) is 5.26 Å². The fraction of sp³-hybridized carbons (Fsp3) is 0.188. The van der Waals surface area contributed by atoms with E-state index in [-0.39, 0.29) is 11.3 Å². The van der Waals surface area contributed by atoms with Gasteiger partial charge in [-0.05, 0) is 31.2 Å². The molecule has 21 heavy (non-hydrogen) atoms. The normalized spacial score (nSPS) is 9.95. The molecule has 2 rings (SSSR count). The van der Waals surface area contributed by atoms with Gasteiger partial charge in [0.1, 0.15) is 11.9 Å². The summed E-state index contributed by atoms with van der Waals surface area (Å²) in [6.07, 6.45) is 0. The van der Waals surface area contributed by atoms with Gasteiger partial charge in [0.15, 0.2) is 11.5 Å². The number of benzene rings is 2. The van der Waals surface area contributed by atoms with Crippen molar-refractivity contribution in [3.63, 3.8) is 0 Å². The Hall–Kier alpha value is -2.74. The van der Waals surface area contributed by atoms with E-state index in [1.165, 1.54) is 18.2 Å². The highest BCUT2D eigenvalue weighted by Gasteiger charge is 2.09. The van der Waals surface area contributed by atoms with Gasteiger partial charge in [-0.3, -0.25) is 0 Å². The first kappa shape index (κ1) is 14.7. The quantitative estimate of drug-likeness (QED) is 0.884. The van der Waals surface area contributed by atoms with Crippen molar-refractivity contribution in [1.82, 2.24) is 0 Å². The SMILES string of the molecule is CCOc1cccc(CNc2ccc(F)cc2C#N)c1O. The third-order valence-electron chi connectivity index (χ3n) is 2.95. The van der Waals surface area contributed by atoms with E-state index in [9.17, 15) is 9.50 Å². The van der Waals surface area contributed by atoms with Crippen LogP contribution in [0.15, 0.2) is 36.4 Å². The van der Waals surface area contributed by atoms with Crippen molar-refractivity contribution in [3.05, 3.63) is 53.3 Å². The van der Waals surface area contributed by atoms with E-state index in [0.717, 1.165) is 0 Å². The largest absolute Gasteiger partial charge is 0.504 e. The molecule has 0 saturated heterocycles. The summed E-state index contributed by atoms with van der Waals surface area (Å²) in [4.78, 5) is 0. The van der Waals surface area contributed by atoms with Crippen LogP contribution >= 0.6 is 0 Å². The van der Waals surface area contributed by atoms with Crippen LogP contribution < -0.4 is 10.1 Å². The van der Waals surface area contributed by atoms with Crippen molar-refractivity contribution in [2.45, 2.75) is 13.5 Å². The lowest BCUT2D eigenvalue weighted by molar-refractivity contribution is 0.317. The minimum atomic E-state index is -0.460. The van der Waals surface area contributed by atoms with Crippen LogP contribution in [0.3, 0.4) is 0 Å². The number of halogens is 1. The summed E-state index contributed by atoms with van der Waals surface area (Å²) in [5.74, 6) is 0.0159. The predicted octanol–water partition coefficient (Wildman–Crippen LogP) is 3.41. The highest BCUT2D eigenvalue weighted by Crippen LogP contribution is 2.30. The molecule has 0 radical (unpaired) electrons. The number of phenols is 1. The van der Waals surface area contributed by atoms with Crippen molar-refractivity contribution in [3.8, 4) is 17.6 Å². The van der Waals surface area contributed by atoms with Crippen molar-refractivity contribution < 1.29 is 14.2 Å². The van der Waals surface area contributed by atoms with Crippen LogP contribution in [-0.2, 0) is 6.54 Å². The summed E-state index contributed by atoms with van der Waals surface area (Å²) in [5.41, 5.74) is 1.37. The second-order valence-corrected chi connectivity index (χ2v) is 4.35. The first-order valence-electron chi connectivity index (χ1n) is 6.53. The molecule has 0 aliphatic rings. The van der Waals surface area contributed by atoms with Crippen LogP contribution in [0.4, 0.5) is 10.1 Å². The van der Waals surface area contributed by atoms with Crippen molar-refractivity contribution in [2.24, 2.45) is 0 Å². The molecule has 0 saturated carbocycles. The number of nitrogens with zero attached hydrogens (tertiary/aromatic N) is 1. The van der Waals surface area contributed by atoms with Gasteiger partial charge < -0.3 is 15.2 Å². The maximum atomic E-state index is 13.1. The maximum Gasteiger partial charge on any atom is 0.162 e. The summed E-state index contributed by atoms with van der Waals surface area (Å²) in [6.45, 7) is 2.59. The zero-order valence-corrected chi connectivity index (χ0v) is 11.6. The van der Waals surface area contributed by atoms with Gasteiger partial charge in [0.25, 0.3) is 0 Å². The lowest BCUT2D eigenvalue weighted by Gasteiger charge is -2.12. The smallest absolute Gasteiger partial charge is 0.162 e. The Morgan fingerprint density at radius 3 is 2.86 bits per heavy atom. The molecule has 0 heterocycles. The van der Waals surface area contributed by atoms with Crippen LogP contribution in [0, 0.1) is 17.1 Å². The Kier molecular flexibility index (Phi) is 4.62. The number of para-hydroxylation sites is 1. The molecule has 0 aliphatic carbocycles. The second-order valence-electron chi connectivity index (χ2n) is 4.35. The fourth-order valence-corrected chi connectivity index (χ4v) is 1.94. The number of nitrogens with one attached hydrogen (secondary N) is 1. The van der Waals surface area contributed by atoms with Gasteiger partial charge in [0.2, 0.25) is 0 Å². The zero-order chi connectivity index (χ0) is 15.2. The average Bonchev–Trinajstić information content (AvgIpc) is 2.49. The van der Waals surface area contributed by atoms with Gasteiger partial charge in [-0.2, -0.15) is 5.26 Å². The molecule has 5 heteroatoms. The molecule has 2 N–H and O–H groups in total. The van der Waals surface area contributed by atoms with E-state index in [0.29, 0.717) is 30.2 Å². The molecule has 0 aromatic heterocycles. The summed E-state index contributed by atoms with van der Waals surface area (Å²) in [7, 11) is 0. The molecule has 0 aliphatic heterocycles. The summed E-state index contributed by atoms with van der Waals surface area (Å²) in [6, 6.07) is 11.1. The van der Waals surface area contributed by atoms with Gasteiger partial charge >= 0.3 is 0 Å². The van der Waals surface area contributed by atoms with Crippen LogP contribution in [0.25, 0.3) is 0 Å². The molecule has 0 unspecified atom stereocenters. The Morgan fingerprint density at radius 2 is 2.14 bits per heavy atom. The fourth-order valence-electron chi connectivity index (χ4n) is 1.94. The molecule has 0 amide bonds. The van der Waals surface area contributed by atoms with Crippen LogP contribution in [0.2, 0.25) is 0 Å². The van der Waals surface area contributed by atoms with Gasteiger partial charge in [-0.25, -0.2) is 4.39 Å². The number of anilines is 1. The van der Waals surface area contributed by atoms with E-state index in [1.807, 2.05) is 13.0 Å². The Balaban J connectivity index is 2.17. The van der Waals surface area contributed by atoms with E-state index in [2.05, 4.69) is 5.32 Å². The number of nitriles is 1. The summed E-state index contributed by atoms with van der Waals surface area (Å²) < 4.78 is 18.4. The Bertz CT molecular complexity index is 680. The minimum absolute atomic E-state index is 0.0625. The topological polar surface area (TPSA) is 65.3 Å². The number of aromatic hydroxyl groups is 1. The average molecular weight is 286 g/mol. The standard InChI is InChI=1S/C16H15FN2O2/c1-2-21-15-5-3-4-11(16(15)20)10-19-14-7-6-13(17)8-12(14)9-18/h3-8,19-20H,2,10H2,1H3. The molecule has 108 valence electrons. The molecule has 0 fully saturated rings. The van der Waals surface area contributed by atoms with Gasteiger partial charge in [-0.1, -0.05) is 12.1 Å². The molecule has 4 nitrogen and oxygen atoms in total. The lowest BCUT2D eigenvalue weighted by Crippen LogP contribution is -2.03. The predicted molar refractivity (Wildman–Crippen MR) is 77.7 cm³/mol. The molecular formula is C16H15FN2O2. The minimum Gasteiger partial charge on any atom is -0.504 e. The summed E-state index contributed by atoms with van der Waals surface area (Å²) in [5, 5.41) is 22.1. The number of phenolic OH excluding ortho intramolecular Hbond substituents is 1. The molecule has 2 aromatic rings. The highest BCUT2D eigenvalue weighted by atomic mass is 19.1. The zero-order valence-electron chi connectivity index (χ0n) is 11.6. The molecule has 0 bridgehead atoms. The van der Waals surface area contributed by atoms with Crippen LogP contribution in [0.1, 0.15) is 18.1 Å². The van der Waals surface area contributed by atoms with E-state index in [1.54, 1.807) is 18.2 Å². The van der Waals surface area contributed by atoms with Gasteiger partial charge in [-0.15, -0.1) is 0 Å². The molecular weight excluding hydrogens is 271 g/mol. The Morgan fingerprint density at radius 1 is 1.33 bits per heavy atom. The third kappa shape index (κ3) is 3.42. The number of hydrogen-bond donors (Lipinski definition) is 2. The van der Waals surface area contributed by atoms with E-state index in [4.69, 9.17) is 10.00 Å². The van der Waals surface area contributed by atoms with Crippen LogP contribution in [-0.4, -0.2) is 11.7 Å². The number of rotatable bonds is 5. The van der Waals surface area contributed by atoms with Crippen molar-refractivity contribution >= 4 is 5.69 Å². The monoisotopic (exact) mass is 286 g/mol. The lowest BCUT2D eigenvalue weighted by atomic mass is 10.1. The third-order valence-corrected chi connectivity index (χ3v) is 2.95. The van der Waals surface area contributed by atoms with Gasteiger partial charge in [0, 0.05) is 12.1 Å². The number of ether oxygens (including phenoxy) is 1. The van der Waals surface area contributed by atoms with Crippen LogP contribution in [0.5, 0.6) is 11.5 Å². The Labute approximate surface area is 122 Å². The molecule has 0 atom stereocenters.